The van der Waals surface area contributed by atoms with E-state index in [1.807, 2.05) is 28.9 Å². The van der Waals surface area contributed by atoms with Crippen LogP contribution in [0.15, 0.2) is 73.2 Å². The second-order valence-corrected chi connectivity index (χ2v) is 9.79. The van der Waals surface area contributed by atoms with E-state index >= 15 is 0 Å². The molecule has 0 atom stereocenters. The van der Waals surface area contributed by atoms with Crippen molar-refractivity contribution in [3.05, 3.63) is 84.3 Å². The minimum Gasteiger partial charge on any atom is -0.396 e. The third-order valence-corrected chi connectivity index (χ3v) is 7.49. The van der Waals surface area contributed by atoms with Crippen molar-refractivity contribution in [2.45, 2.75) is 19.3 Å². The number of aliphatic hydroxyl groups excluding tert-OH is 1. The molecule has 1 saturated heterocycles. The van der Waals surface area contributed by atoms with E-state index in [1.165, 1.54) is 5.69 Å². The number of aliphatic hydroxyl groups is 1. The fourth-order valence-corrected chi connectivity index (χ4v) is 5.40. The van der Waals surface area contributed by atoms with Crippen molar-refractivity contribution in [3.63, 3.8) is 0 Å². The number of hydrogen-bond donors (Lipinski definition) is 1. The first-order chi connectivity index (χ1) is 18.2. The van der Waals surface area contributed by atoms with Crippen LogP contribution in [-0.4, -0.2) is 69.9 Å². The number of nitrogens with zero attached hydrogens (tertiary/aromatic N) is 5. The summed E-state index contributed by atoms with van der Waals surface area (Å²) in [5.74, 6) is 0.235. The number of piperazine rings is 1. The Morgan fingerprint density at radius 1 is 0.811 bits per heavy atom. The zero-order chi connectivity index (χ0) is 25.2. The van der Waals surface area contributed by atoms with Gasteiger partial charge in [-0.05, 0) is 60.4 Å². The summed E-state index contributed by atoms with van der Waals surface area (Å²) in [4.78, 5) is 21.2. The summed E-state index contributed by atoms with van der Waals surface area (Å²) >= 11 is 0. The molecule has 2 aromatic carbocycles. The number of anilines is 1. The van der Waals surface area contributed by atoms with Crippen molar-refractivity contribution in [2.24, 2.45) is 0 Å². The van der Waals surface area contributed by atoms with Gasteiger partial charge >= 0.3 is 0 Å². The van der Waals surface area contributed by atoms with Gasteiger partial charge in [-0.1, -0.05) is 18.2 Å². The Bertz CT molecular complexity index is 1390. The van der Waals surface area contributed by atoms with Crippen molar-refractivity contribution >= 4 is 11.5 Å². The SMILES string of the molecule is O=C1CCc2cc(-c3cn(-c4ccc(N5CCN(CCCO)CC5)cc4)nc3-c3ccncc3)ccc21. The summed E-state index contributed by atoms with van der Waals surface area (Å²) in [6.45, 7) is 5.24. The molecular weight excluding hydrogens is 462 g/mol. The first-order valence-corrected chi connectivity index (χ1v) is 13.0. The minimum atomic E-state index is 0.235. The lowest BCUT2D eigenvalue weighted by Crippen LogP contribution is -2.46. The maximum atomic E-state index is 12.2. The van der Waals surface area contributed by atoms with Gasteiger partial charge < -0.3 is 10.0 Å². The number of rotatable bonds is 7. The van der Waals surface area contributed by atoms with E-state index in [-0.39, 0.29) is 12.4 Å². The number of Topliss-reactive ketones (excluding diaryl/α,β-unsaturated/α-hetero) is 1. The summed E-state index contributed by atoms with van der Waals surface area (Å²) in [5.41, 5.74) is 8.21. The van der Waals surface area contributed by atoms with E-state index in [0.29, 0.717) is 6.42 Å². The van der Waals surface area contributed by atoms with Crippen molar-refractivity contribution in [2.75, 3.05) is 44.2 Å². The summed E-state index contributed by atoms with van der Waals surface area (Å²) in [6, 6.07) is 18.7. The zero-order valence-corrected chi connectivity index (χ0v) is 20.9. The molecule has 188 valence electrons. The highest BCUT2D eigenvalue weighted by Gasteiger charge is 2.22. The molecular formula is C30H31N5O2. The highest BCUT2D eigenvalue weighted by Crippen LogP contribution is 2.35. The minimum absolute atomic E-state index is 0.235. The number of ketones is 1. The summed E-state index contributed by atoms with van der Waals surface area (Å²) in [5, 5.41) is 14.1. The molecule has 0 unspecified atom stereocenters. The van der Waals surface area contributed by atoms with Crippen LogP contribution in [0.3, 0.4) is 0 Å². The van der Waals surface area contributed by atoms with Crippen LogP contribution in [0, 0.1) is 0 Å². The Kier molecular flexibility index (Phi) is 6.55. The lowest BCUT2D eigenvalue weighted by molar-refractivity contribution is 0.0994. The molecule has 4 aromatic rings. The maximum absolute atomic E-state index is 12.2. The smallest absolute Gasteiger partial charge is 0.163 e. The first-order valence-electron chi connectivity index (χ1n) is 13.0. The second-order valence-electron chi connectivity index (χ2n) is 9.79. The average Bonchev–Trinajstić information content (AvgIpc) is 3.57. The van der Waals surface area contributed by atoms with Gasteiger partial charge in [0.05, 0.1) is 5.69 Å². The molecule has 0 bridgehead atoms. The first kappa shape index (κ1) is 23.6. The van der Waals surface area contributed by atoms with Gasteiger partial charge in [-0.15, -0.1) is 0 Å². The molecule has 0 spiro atoms. The highest BCUT2D eigenvalue weighted by molar-refractivity contribution is 6.01. The molecule has 37 heavy (non-hydrogen) atoms. The highest BCUT2D eigenvalue weighted by atomic mass is 16.3. The third kappa shape index (κ3) is 4.80. The number of hydrogen-bond acceptors (Lipinski definition) is 6. The van der Waals surface area contributed by atoms with E-state index in [1.54, 1.807) is 12.4 Å². The molecule has 0 amide bonds. The lowest BCUT2D eigenvalue weighted by atomic mass is 9.98. The molecule has 0 saturated carbocycles. The third-order valence-electron chi connectivity index (χ3n) is 7.49. The molecule has 7 nitrogen and oxygen atoms in total. The van der Waals surface area contributed by atoms with E-state index in [0.717, 1.165) is 84.8 Å². The largest absolute Gasteiger partial charge is 0.396 e. The van der Waals surface area contributed by atoms with Crippen molar-refractivity contribution in [3.8, 4) is 28.1 Å². The van der Waals surface area contributed by atoms with Crippen LogP contribution in [0.4, 0.5) is 5.69 Å². The molecule has 1 N–H and O–H groups in total. The quantitative estimate of drug-likeness (QED) is 0.415. The van der Waals surface area contributed by atoms with Crippen molar-refractivity contribution in [1.82, 2.24) is 19.7 Å². The molecule has 1 aliphatic carbocycles. The van der Waals surface area contributed by atoms with E-state index in [2.05, 4.69) is 51.3 Å². The monoisotopic (exact) mass is 493 g/mol. The topological polar surface area (TPSA) is 74.5 Å². The van der Waals surface area contributed by atoms with Crippen LogP contribution in [-0.2, 0) is 6.42 Å². The number of benzene rings is 2. The summed E-state index contributed by atoms with van der Waals surface area (Å²) in [7, 11) is 0. The molecule has 3 heterocycles. The Hall–Kier alpha value is -3.81. The van der Waals surface area contributed by atoms with Gasteiger partial charge in [0.25, 0.3) is 0 Å². The van der Waals surface area contributed by atoms with Crippen LogP contribution in [0.2, 0.25) is 0 Å². The Morgan fingerprint density at radius 3 is 2.32 bits per heavy atom. The van der Waals surface area contributed by atoms with Crippen LogP contribution >= 0.6 is 0 Å². The Labute approximate surface area is 217 Å². The average molecular weight is 494 g/mol. The molecule has 1 fully saturated rings. The van der Waals surface area contributed by atoms with Crippen molar-refractivity contribution < 1.29 is 9.90 Å². The molecule has 2 aromatic heterocycles. The van der Waals surface area contributed by atoms with E-state index in [4.69, 9.17) is 10.2 Å². The van der Waals surface area contributed by atoms with Gasteiger partial charge in [-0.2, -0.15) is 5.10 Å². The fourth-order valence-electron chi connectivity index (χ4n) is 5.40. The number of aromatic nitrogens is 3. The molecule has 6 rings (SSSR count). The van der Waals surface area contributed by atoms with Gasteiger partial charge in [-0.3, -0.25) is 14.7 Å². The zero-order valence-electron chi connectivity index (χ0n) is 20.9. The predicted molar refractivity (Wildman–Crippen MR) is 145 cm³/mol. The van der Waals surface area contributed by atoms with Crippen LogP contribution in [0.5, 0.6) is 0 Å². The molecule has 1 aliphatic heterocycles. The predicted octanol–water partition coefficient (Wildman–Crippen LogP) is 4.23. The van der Waals surface area contributed by atoms with Gasteiger partial charge in [-0.25, -0.2) is 4.68 Å². The van der Waals surface area contributed by atoms with Crippen LogP contribution in [0.1, 0.15) is 28.8 Å². The molecule has 7 heteroatoms. The lowest BCUT2D eigenvalue weighted by Gasteiger charge is -2.36. The van der Waals surface area contributed by atoms with Gasteiger partial charge in [0.1, 0.15) is 5.69 Å². The Balaban J connectivity index is 1.28. The normalized spacial score (nSPS) is 15.8. The van der Waals surface area contributed by atoms with E-state index < -0.39 is 0 Å². The van der Waals surface area contributed by atoms with Crippen molar-refractivity contribution in [1.29, 1.82) is 0 Å². The van der Waals surface area contributed by atoms with Gasteiger partial charge in [0.2, 0.25) is 0 Å². The Morgan fingerprint density at radius 2 is 1.57 bits per heavy atom. The fraction of sp³-hybridized carbons (Fsp3) is 0.300. The summed E-state index contributed by atoms with van der Waals surface area (Å²) < 4.78 is 1.94. The number of aryl methyl sites for hydroxylation is 1. The maximum Gasteiger partial charge on any atom is 0.163 e. The number of pyridine rings is 1. The van der Waals surface area contributed by atoms with E-state index in [9.17, 15) is 4.79 Å². The number of carbonyl (C=O) groups is 1. The number of carbonyl (C=O) groups excluding carboxylic acids is 1. The summed E-state index contributed by atoms with van der Waals surface area (Å²) in [6.07, 6.45) is 7.90. The van der Waals surface area contributed by atoms with Gasteiger partial charge in [0.15, 0.2) is 5.78 Å². The van der Waals surface area contributed by atoms with Crippen LogP contribution < -0.4 is 4.90 Å². The number of fused-ring (bicyclic) bond motifs is 1. The van der Waals surface area contributed by atoms with Crippen LogP contribution in [0.25, 0.3) is 28.1 Å². The molecule has 2 aliphatic rings. The standard InChI is InChI=1S/C30H31N5O2/c36-19-1-14-33-15-17-34(18-16-33)25-4-6-26(7-5-25)35-21-28(30(32-35)22-10-12-31-13-11-22)24-2-8-27-23(20-24)3-9-29(27)37/h2,4-8,10-13,20-21,36H,1,3,9,14-19H2. The molecule has 0 radical (unpaired) electrons. The van der Waals surface area contributed by atoms with Gasteiger partial charge in [0, 0.05) is 86.7 Å². The second kappa shape index (κ2) is 10.3.